The number of H-pyrrole nitrogens is 1. The van der Waals surface area contributed by atoms with Crippen LogP contribution in [0.15, 0.2) is 53.3 Å². The quantitative estimate of drug-likeness (QED) is 0.549. The molecule has 2 aromatic heterocycles. The van der Waals surface area contributed by atoms with Gasteiger partial charge in [0.25, 0.3) is 5.91 Å². The van der Waals surface area contributed by atoms with Crippen molar-refractivity contribution in [1.82, 2.24) is 19.5 Å². The molecule has 0 atom stereocenters. The number of aromatic amines is 1. The fraction of sp³-hybridized carbons (Fsp3) is 0.182. The molecule has 0 aliphatic rings. The van der Waals surface area contributed by atoms with E-state index in [9.17, 15) is 9.59 Å². The minimum Gasteiger partial charge on any atom is -0.364 e. The maximum Gasteiger partial charge on any atom is 0.332 e. The molecule has 0 saturated carbocycles. The molecule has 2 aromatic carbocycles. The van der Waals surface area contributed by atoms with Crippen molar-refractivity contribution in [2.45, 2.75) is 26.7 Å². The number of benzene rings is 2. The number of primary amides is 1. The van der Waals surface area contributed by atoms with Gasteiger partial charge in [-0.1, -0.05) is 36.4 Å². The van der Waals surface area contributed by atoms with Crippen molar-refractivity contribution >= 4 is 17.1 Å². The zero-order chi connectivity index (χ0) is 20.5. The van der Waals surface area contributed by atoms with Gasteiger partial charge in [-0.25, -0.2) is 19.3 Å². The molecule has 4 rings (SSSR count). The van der Waals surface area contributed by atoms with Crippen LogP contribution in [0.3, 0.4) is 0 Å². The lowest BCUT2D eigenvalue weighted by Gasteiger charge is -2.08. The first kappa shape index (κ1) is 18.6. The molecule has 2 heterocycles. The molecule has 4 aromatic rings. The molecule has 146 valence electrons. The second kappa shape index (κ2) is 7.35. The second-order valence-corrected chi connectivity index (χ2v) is 7.07. The van der Waals surface area contributed by atoms with E-state index < -0.39 is 5.91 Å². The van der Waals surface area contributed by atoms with Crippen LogP contribution in [-0.2, 0) is 12.8 Å². The number of fused-ring (bicyclic) bond motifs is 1. The fourth-order valence-electron chi connectivity index (χ4n) is 3.33. The van der Waals surface area contributed by atoms with Crippen LogP contribution in [-0.4, -0.2) is 25.4 Å². The highest BCUT2D eigenvalue weighted by atomic mass is 16.2. The van der Waals surface area contributed by atoms with Gasteiger partial charge in [0, 0.05) is 6.42 Å². The number of aromatic nitrogens is 4. The van der Waals surface area contributed by atoms with E-state index in [2.05, 4.69) is 15.0 Å². The molecule has 7 nitrogen and oxygen atoms in total. The average Bonchev–Trinajstić information content (AvgIpc) is 3.04. The Labute approximate surface area is 167 Å². The van der Waals surface area contributed by atoms with Crippen molar-refractivity contribution in [3.8, 4) is 5.69 Å². The summed E-state index contributed by atoms with van der Waals surface area (Å²) in [5, 5.41) is 0. The third-order valence-corrected chi connectivity index (χ3v) is 5.05. The third-order valence-electron chi connectivity index (χ3n) is 5.05. The van der Waals surface area contributed by atoms with Gasteiger partial charge in [-0.15, -0.1) is 0 Å². The van der Waals surface area contributed by atoms with Crippen molar-refractivity contribution in [1.29, 1.82) is 0 Å². The summed E-state index contributed by atoms with van der Waals surface area (Å²) in [7, 11) is 0. The summed E-state index contributed by atoms with van der Waals surface area (Å²) in [6, 6.07) is 15.7. The van der Waals surface area contributed by atoms with Crippen molar-refractivity contribution < 1.29 is 4.79 Å². The smallest absolute Gasteiger partial charge is 0.332 e. The summed E-state index contributed by atoms with van der Waals surface area (Å²) in [5.74, 6) is -0.237. The first-order chi connectivity index (χ1) is 13.9. The molecular formula is C22H21N5O2. The predicted octanol–water partition coefficient (Wildman–Crippen LogP) is 2.61. The summed E-state index contributed by atoms with van der Waals surface area (Å²) in [6.45, 7) is 3.99. The Morgan fingerprint density at radius 2 is 1.79 bits per heavy atom. The number of aryl methyl sites for hydroxylation is 4. The van der Waals surface area contributed by atoms with E-state index in [0.29, 0.717) is 30.0 Å². The van der Waals surface area contributed by atoms with Gasteiger partial charge in [-0.2, -0.15) is 0 Å². The Balaban J connectivity index is 1.85. The lowest BCUT2D eigenvalue weighted by Crippen LogP contribution is -2.16. The Hall–Kier alpha value is -3.74. The summed E-state index contributed by atoms with van der Waals surface area (Å²) < 4.78 is 1.46. The first-order valence-corrected chi connectivity index (χ1v) is 9.37. The summed E-state index contributed by atoms with van der Waals surface area (Å²) in [5.41, 5.74) is 9.77. The first-order valence-electron chi connectivity index (χ1n) is 9.37. The number of nitrogens with two attached hydrogens (primary N) is 1. The monoisotopic (exact) mass is 387 g/mol. The fourth-order valence-corrected chi connectivity index (χ4v) is 3.33. The number of imidazole rings is 1. The number of nitrogens with one attached hydrogen (secondary N) is 1. The van der Waals surface area contributed by atoms with E-state index in [-0.39, 0.29) is 16.9 Å². The van der Waals surface area contributed by atoms with Crippen molar-refractivity contribution in [2.24, 2.45) is 5.73 Å². The average molecular weight is 387 g/mol. The van der Waals surface area contributed by atoms with Gasteiger partial charge in [0.15, 0.2) is 11.3 Å². The van der Waals surface area contributed by atoms with Crippen molar-refractivity contribution in [3.63, 3.8) is 0 Å². The van der Waals surface area contributed by atoms with Crippen LogP contribution >= 0.6 is 0 Å². The van der Waals surface area contributed by atoms with Crippen LogP contribution in [0.5, 0.6) is 0 Å². The van der Waals surface area contributed by atoms with Crippen molar-refractivity contribution in [2.75, 3.05) is 0 Å². The Morgan fingerprint density at radius 3 is 2.48 bits per heavy atom. The van der Waals surface area contributed by atoms with E-state index in [4.69, 9.17) is 5.73 Å². The van der Waals surface area contributed by atoms with Gasteiger partial charge in [0.2, 0.25) is 0 Å². The number of amides is 1. The number of hydrogen-bond acceptors (Lipinski definition) is 4. The van der Waals surface area contributed by atoms with Crippen molar-refractivity contribution in [3.05, 3.63) is 87.2 Å². The maximum absolute atomic E-state index is 12.7. The summed E-state index contributed by atoms with van der Waals surface area (Å²) >= 11 is 0. The summed E-state index contributed by atoms with van der Waals surface area (Å²) in [4.78, 5) is 36.3. The number of nitrogens with zero attached hydrogens (tertiary/aromatic N) is 3. The largest absolute Gasteiger partial charge is 0.364 e. The Kier molecular flexibility index (Phi) is 4.72. The van der Waals surface area contributed by atoms with Crippen LogP contribution < -0.4 is 11.4 Å². The van der Waals surface area contributed by atoms with Crippen LogP contribution in [0.1, 0.15) is 33.0 Å². The normalized spacial score (nSPS) is 11.1. The molecule has 0 unspecified atom stereocenters. The zero-order valence-electron chi connectivity index (χ0n) is 16.3. The van der Waals surface area contributed by atoms with Gasteiger partial charge >= 0.3 is 5.69 Å². The summed E-state index contributed by atoms with van der Waals surface area (Å²) in [6.07, 6.45) is 1.23. The lowest BCUT2D eigenvalue weighted by atomic mass is 10.1. The van der Waals surface area contributed by atoms with Gasteiger partial charge in [0.05, 0.1) is 5.69 Å². The highest BCUT2D eigenvalue weighted by Crippen LogP contribution is 2.19. The maximum atomic E-state index is 12.7. The molecule has 0 aliphatic heterocycles. The molecule has 0 aliphatic carbocycles. The van der Waals surface area contributed by atoms with E-state index >= 15 is 0 Å². The second-order valence-electron chi connectivity index (χ2n) is 7.07. The highest BCUT2D eigenvalue weighted by molar-refractivity contribution is 6.01. The zero-order valence-corrected chi connectivity index (χ0v) is 16.3. The minimum absolute atomic E-state index is 0.0257. The van der Waals surface area contributed by atoms with Crippen LogP contribution in [0.2, 0.25) is 0 Å². The number of carbonyl (C=O) groups is 1. The minimum atomic E-state index is -0.702. The molecule has 7 heteroatoms. The van der Waals surface area contributed by atoms with Crippen LogP contribution in [0.4, 0.5) is 0 Å². The topological polar surface area (TPSA) is 107 Å². The van der Waals surface area contributed by atoms with E-state index in [1.165, 1.54) is 4.57 Å². The van der Waals surface area contributed by atoms with Gasteiger partial charge in [-0.05, 0) is 49.1 Å². The Bertz CT molecular complexity index is 1270. The highest BCUT2D eigenvalue weighted by Gasteiger charge is 2.19. The van der Waals surface area contributed by atoms with Gasteiger partial charge in [0.1, 0.15) is 11.3 Å². The van der Waals surface area contributed by atoms with E-state index in [1.807, 2.05) is 62.4 Å². The third kappa shape index (κ3) is 3.54. The van der Waals surface area contributed by atoms with Gasteiger partial charge in [-0.3, -0.25) is 4.79 Å². The molecule has 0 spiro atoms. The molecular weight excluding hydrogens is 366 g/mol. The number of rotatable bonds is 5. The molecule has 3 N–H and O–H groups in total. The van der Waals surface area contributed by atoms with Crippen LogP contribution in [0.25, 0.3) is 16.9 Å². The molecule has 0 radical (unpaired) electrons. The number of carbonyl (C=O) groups excluding carboxylic acids is 1. The molecule has 1 amide bonds. The van der Waals surface area contributed by atoms with Gasteiger partial charge < -0.3 is 10.7 Å². The Morgan fingerprint density at radius 1 is 1.03 bits per heavy atom. The lowest BCUT2D eigenvalue weighted by molar-refractivity contribution is 0.0996. The van der Waals surface area contributed by atoms with Crippen LogP contribution in [0, 0.1) is 13.8 Å². The van der Waals surface area contributed by atoms with E-state index in [1.54, 1.807) is 0 Å². The molecule has 0 saturated heterocycles. The predicted molar refractivity (Wildman–Crippen MR) is 111 cm³/mol. The number of hydrogen-bond donors (Lipinski definition) is 2. The molecule has 0 bridgehead atoms. The SMILES string of the molecule is Cc1ccc(-n2c(=O)[nH]c3c(C(N)=O)nc(CCc4ccccc4)nc32)cc1C. The van der Waals surface area contributed by atoms with E-state index in [0.717, 1.165) is 16.7 Å². The molecule has 29 heavy (non-hydrogen) atoms. The molecule has 0 fully saturated rings. The standard InChI is InChI=1S/C22H21N5O2/c1-13-8-10-16(12-14(13)2)27-21-19(26-22(27)29)18(20(23)28)24-17(25-21)11-9-15-6-4-3-5-7-15/h3-8,10,12H,9,11H2,1-2H3,(H2,23,28)(H,26,29).